The molecule has 266 valence electrons. The van der Waals surface area contributed by atoms with Crippen LogP contribution in [0, 0.1) is 0 Å². The van der Waals surface area contributed by atoms with Crippen molar-refractivity contribution in [1.29, 1.82) is 0 Å². The molecule has 1 aliphatic rings. The third kappa shape index (κ3) is 5.88. The highest BCUT2D eigenvalue weighted by Gasteiger charge is 2.35. The van der Waals surface area contributed by atoms with Crippen LogP contribution in [0.15, 0.2) is 206 Å². The van der Waals surface area contributed by atoms with Crippen LogP contribution in [0.2, 0.25) is 0 Å². The first-order chi connectivity index (χ1) is 27.5. The van der Waals surface area contributed by atoms with Crippen molar-refractivity contribution in [2.24, 2.45) is 0 Å². The van der Waals surface area contributed by atoms with Crippen molar-refractivity contribution in [1.82, 2.24) is 4.98 Å². The standard InChI is InChI=1S/C54H40N2/c1-54(2)50-19-11-10-18-47(50)48-34-27-42(36-51(48)54)39-23-30-45(31-24-39)56(44-28-21-38(22-29-44)37-13-5-3-6-14-37)46-32-25-41(26-33-46)53-49(40-15-7-4-8-16-40)35-43-17-9-12-20-52(43)55-53/h3-36H,1-2H3. The Kier molecular flexibility index (Phi) is 8.19. The highest BCUT2D eigenvalue weighted by Crippen LogP contribution is 2.49. The smallest absolute Gasteiger partial charge is 0.0788 e. The van der Waals surface area contributed by atoms with Gasteiger partial charge in [0.05, 0.1) is 11.2 Å². The lowest BCUT2D eigenvalue weighted by molar-refractivity contribution is 0.660. The lowest BCUT2D eigenvalue weighted by atomic mass is 9.81. The average Bonchev–Trinajstić information content (AvgIpc) is 3.50. The van der Waals surface area contributed by atoms with E-state index in [0.717, 1.165) is 50.3 Å². The van der Waals surface area contributed by atoms with Crippen molar-refractivity contribution < 1.29 is 0 Å². The predicted molar refractivity (Wildman–Crippen MR) is 236 cm³/mol. The maximum atomic E-state index is 5.22. The quantitative estimate of drug-likeness (QED) is 0.163. The molecule has 0 fully saturated rings. The monoisotopic (exact) mass is 716 g/mol. The van der Waals surface area contributed by atoms with Crippen LogP contribution in [0.4, 0.5) is 17.1 Å². The Labute approximate surface area is 329 Å². The third-order valence-corrected chi connectivity index (χ3v) is 11.5. The Morgan fingerprint density at radius 1 is 0.357 bits per heavy atom. The number of benzene rings is 8. The van der Waals surface area contributed by atoms with E-state index in [1.54, 1.807) is 0 Å². The summed E-state index contributed by atoms with van der Waals surface area (Å²) in [6, 6.07) is 74.3. The number of rotatable bonds is 7. The van der Waals surface area contributed by atoms with Gasteiger partial charge in [0.2, 0.25) is 0 Å². The second kappa shape index (κ2) is 13.7. The van der Waals surface area contributed by atoms with Crippen LogP contribution in [-0.2, 0) is 5.41 Å². The molecule has 0 atom stereocenters. The molecule has 56 heavy (non-hydrogen) atoms. The fourth-order valence-electron chi connectivity index (χ4n) is 8.51. The Bertz CT molecular complexity index is 2840. The molecular formula is C54H40N2. The molecule has 0 saturated carbocycles. The molecule has 0 spiro atoms. The second-order valence-corrected chi connectivity index (χ2v) is 15.2. The topological polar surface area (TPSA) is 16.1 Å². The van der Waals surface area contributed by atoms with E-state index in [9.17, 15) is 0 Å². The molecule has 0 radical (unpaired) electrons. The van der Waals surface area contributed by atoms with Gasteiger partial charge < -0.3 is 4.90 Å². The summed E-state index contributed by atoms with van der Waals surface area (Å²) in [4.78, 5) is 7.56. The zero-order chi connectivity index (χ0) is 37.6. The van der Waals surface area contributed by atoms with Crippen LogP contribution in [0.25, 0.3) is 66.7 Å². The van der Waals surface area contributed by atoms with Crippen molar-refractivity contribution in [2.75, 3.05) is 4.90 Å². The van der Waals surface area contributed by atoms with E-state index >= 15 is 0 Å². The number of nitrogens with zero attached hydrogens (tertiary/aromatic N) is 2. The fourth-order valence-corrected chi connectivity index (χ4v) is 8.51. The fraction of sp³-hybridized carbons (Fsp3) is 0.0556. The van der Waals surface area contributed by atoms with E-state index in [-0.39, 0.29) is 5.41 Å². The molecule has 1 heterocycles. The summed E-state index contributed by atoms with van der Waals surface area (Å²) in [5, 5.41) is 1.13. The van der Waals surface area contributed by atoms with Crippen LogP contribution in [0.3, 0.4) is 0 Å². The number of hydrogen-bond donors (Lipinski definition) is 0. The van der Waals surface area contributed by atoms with Crippen LogP contribution in [0.5, 0.6) is 0 Å². The van der Waals surface area contributed by atoms with E-state index in [0.29, 0.717) is 0 Å². The molecule has 0 bridgehead atoms. The van der Waals surface area contributed by atoms with E-state index in [1.165, 1.54) is 44.5 Å². The van der Waals surface area contributed by atoms with Gasteiger partial charge in [-0.1, -0.05) is 166 Å². The Morgan fingerprint density at radius 2 is 0.839 bits per heavy atom. The number of pyridine rings is 1. The summed E-state index contributed by atoms with van der Waals surface area (Å²) in [6.07, 6.45) is 0. The molecule has 2 nitrogen and oxygen atoms in total. The first-order valence-electron chi connectivity index (χ1n) is 19.4. The zero-order valence-corrected chi connectivity index (χ0v) is 31.5. The van der Waals surface area contributed by atoms with Gasteiger partial charge in [-0.05, 0) is 105 Å². The Morgan fingerprint density at radius 3 is 1.50 bits per heavy atom. The van der Waals surface area contributed by atoms with Crippen molar-refractivity contribution in [3.8, 4) is 55.8 Å². The van der Waals surface area contributed by atoms with Gasteiger partial charge in [0.15, 0.2) is 0 Å². The van der Waals surface area contributed by atoms with Crippen molar-refractivity contribution in [3.05, 3.63) is 217 Å². The lowest BCUT2D eigenvalue weighted by Gasteiger charge is -2.26. The van der Waals surface area contributed by atoms with Gasteiger partial charge in [-0.2, -0.15) is 0 Å². The van der Waals surface area contributed by atoms with Crippen molar-refractivity contribution in [2.45, 2.75) is 19.3 Å². The van der Waals surface area contributed by atoms with Gasteiger partial charge in [-0.25, -0.2) is 4.98 Å². The molecule has 8 aromatic carbocycles. The average molecular weight is 717 g/mol. The van der Waals surface area contributed by atoms with Crippen LogP contribution in [0.1, 0.15) is 25.0 Å². The highest BCUT2D eigenvalue weighted by atomic mass is 15.1. The molecule has 9 aromatic rings. The number of fused-ring (bicyclic) bond motifs is 4. The van der Waals surface area contributed by atoms with Crippen molar-refractivity contribution in [3.63, 3.8) is 0 Å². The molecular weight excluding hydrogens is 677 g/mol. The van der Waals surface area contributed by atoms with Gasteiger partial charge in [0, 0.05) is 39.0 Å². The number of hydrogen-bond acceptors (Lipinski definition) is 2. The molecule has 2 heteroatoms. The summed E-state index contributed by atoms with van der Waals surface area (Å²) < 4.78 is 0. The van der Waals surface area contributed by atoms with E-state index in [1.807, 2.05) is 0 Å². The van der Waals surface area contributed by atoms with Crippen molar-refractivity contribution >= 4 is 28.0 Å². The van der Waals surface area contributed by atoms with E-state index < -0.39 is 0 Å². The molecule has 0 N–H and O–H groups in total. The van der Waals surface area contributed by atoms with Gasteiger partial charge >= 0.3 is 0 Å². The number of anilines is 3. The summed E-state index contributed by atoms with van der Waals surface area (Å²) in [7, 11) is 0. The van der Waals surface area contributed by atoms with E-state index in [2.05, 4.69) is 225 Å². The first kappa shape index (κ1) is 33.5. The predicted octanol–water partition coefficient (Wildman–Crippen LogP) is 14.7. The Balaban J connectivity index is 1.04. The largest absolute Gasteiger partial charge is 0.311 e. The lowest BCUT2D eigenvalue weighted by Crippen LogP contribution is -2.14. The molecule has 0 aliphatic heterocycles. The minimum Gasteiger partial charge on any atom is -0.311 e. The minimum atomic E-state index is -0.0407. The Hall–Kier alpha value is -7.03. The second-order valence-electron chi connectivity index (χ2n) is 15.2. The highest BCUT2D eigenvalue weighted by molar-refractivity contribution is 5.92. The van der Waals surface area contributed by atoms with E-state index in [4.69, 9.17) is 4.98 Å². The van der Waals surface area contributed by atoms with Gasteiger partial charge in [0.1, 0.15) is 0 Å². The van der Waals surface area contributed by atoms with Crippen LogP contribution in [-0.4, -0.2) is 4.98 Å². The maximum absolute atomic E-state index is 5.22. The summed E-state index contributed by atoms with van der Waals surface area (Å²) in [5.74, 6) is 0. The summed E-state index contributed by atoms with van der Waals surface area (Å²) in [5.41, 5.74) is 18.9. The molecule has 0 amide bonds. The van der Waals surface area contributed by atoms with Gasteiger partial charge in [-0.15, -0.1) is 0 Å². The number of para-hydroxylation sites is 1. The van der Waals surface area contributed by atoms with Gasteiger partial charge in [0.25, 0.3) is 0 Å². The van der Waals surface area contributed by atoms with Crippen LogP contribution < -0.4 is 4.90 Å². The molecule has 1 aromatic heterocycles. The van der Waals surface area contributed by atoms with Gasteiger partial charge in [-0.3, -0.25) is 0 Å². The molecule has 1 aliphatic carbocycles. The normalized spacial score (nSPS) is 12.6. The molecule has 10 rings (SSSR count). The SMILES string of the molecule is CC1(C)c2ccccc2-c2ccc(-c3ccc(N(c4ccc(-c5ccccc5)cc4)c4ccc(-c5nc6ccccc6cc5-c5ccccc5)cc4)cc3)cc21. The van der Waals surface area contributed by atoms with Crippen LogP contribution >= 0.6 is 0 Å². The summed E-state index contributed by atoms with van der Waals surface area (Å²) in [6.45, 7) is 4.69. The molecule has 0 saturated heterocycles. The summed E-state index contributed by atoms with van der Waals surface area (Å²) >= 11 is 0. The third-order valence-electron chi connectivity index (χ3n) is 11.5. The zero-order valence-electron chi connectivity index (χ0n) is 31.5. The minimum absolute atomic E-state index is 0.0407. The molecule has 0 unspecified atom stereocenters. The maximum Gasteiger partial charge on any atom is 0.0788 e. The first-order valence-corrected chi connectivity index (χ1v) is 19.4. The number of aromatic nitrogens is 1.